The molecule has 0 amide bonds. The molecule has 0 spiro atoms. The van der Waals surface area contributed by atoms with Crippen molar-refractivity contribution >= 4 is 11.5 Å². The van der Waals surface area contributed by atoms with Crippen molar-refractivity contribution in [2.75, 3.05) is 5.32 Å². The van der Waals surface area contributed by atoms with Crippen molar-refractivity contribution in [2.24, 2.45) is 0 Å². The maximum atomic E-state index is 12.0. The number of anilines is 1. The van der Waals surface area contributed by atoms with Crippen LogP contribution >= 0.6 is 0 Å². The van der Waals surface area contributed by atoms with Gasteiger partial charge in [0, 0.05) is 5.70 Å². The van der Waals surface area contributed by atoms with E-state index in [1.807, 2.05) is 30.4 Å². The van der Waals surface area contributed by atoms with E-state index in [4.69, 9.17) is 0 Å². The molecule has 0 aromatic heterocycles. The summed E-state index contributed by atoms with van der Waals surface area (Å²) in [7, 11) is 0. The number of carbonyl (C=O) groups excluding carboxylic acids is 1. The standard InChI is InChI=1S/C19H18N2O2/c22-18-12-3-1-2-10-16(18)20-14-8-4-5-9-15(14)21-17-11-6-7-13-19(17)23/h1-4,7-8,10-13,21H,5-6,9H2,(H,20,22). The average molecular weight is 306 g/mol. The van der Waals surface area contributed by atoms with Crippen LogP contribution in [0.5, 0.6) is 0 Å². The fraction of sp³-hybridized carbons (Fsp3) is 0.158. The molecule has 0 bridgehead atoms. The van der Waals surface area contributed by atoms with Crippen LogP contribution in [0.4, 0.5) is 5.69 Å². The Morgan fingerprint density at radius 1 is 0.913 bits per heavy atom. The van der Waals surface area contributed by atoms with Crippen LogP contribution in [0, 0.1) is 0 Å². The van der Waals surface area contributed by atoms with Gasteiger partial charge in [-0.3, -0.25) is 9.59 Å². The minimum absolute atomic E-state index is 0.0201. The maximum absolute atomic E-state index is 12.0. The number of rotatable bonds is 4. The quantitative estimate of drug-likeness (QED) is 0.898. The van der Waals surface area contributed by atoms with E-state index >= 15 is 0 Å². The first kappa shape index (κ1) is 15.0. The third-order valence-corrected chi connectivity index (χ3v) is 3.72. The van der Waals surface area contributed by atoms with E-state index in [-0.39, 0.29) is 11.2 Å². The van der Waals surface area contributed by atoms with Crippen molar-refractivity contribution < 1.29 is 4.79 Å². The fourth-order valence-electron chi connectivity index (χ4n) is 2.52. The van der Waals surface area contributed by atoms with Crippen molar-refractivity contribution in [2.45, 2.75) is 19.3 Å². The molecule has 3 rings (SSSR count). The molecule has 2 N–H and O–H groups in total. The fourth-order valence-corrected chi connectivity index (χ4v) is 2.52. The van der Waals surface area contributed by atoms with Gasteiger partial charge >= 0.3 is 0 Å². The first-order valence-corrected chi connectivity index (χ1v) is 7.68. The monoisotopic (exact) mass is 306 g/mol. The first-order valence-electron chi connectivity index (χ1n) is 7.68. The molecule has 0 atom stereocenters. The van der Waals surface area contributed by atoms with Crippen molar-refractivity contribution in [3.8, 4) is 0 Å². The Bertz CT molecular complexity index is 801. The topological polar surface area (TPSA) is 58.2 Å². The summed E-state index contributed by atoms with van der Waals surface area (Å²) in [5, 5.41) is 6.41. The van der Waals surface area contributed by atoms with Crippen LogP contribution in [0.25, 0.3) is 0 Å². The molecule has 0 saturated heterocycles. The zero-order chi connectivity index (χ0) is 16.1. The molecule has 0 aliphatic heterocycles. The highest BCUT2D eigenvalue weighted by Gasteiger charge is 2.15. The van der Waals surface area contributed by atoms with E-state index in [0.717, 1.165) is 30.7 Å². The second kappa shape index (κ2) is 6.92. The summed E-state index contributed by atoms with van der Waals surface area (Å²) in [6.45, 7) is 0. The Kier molecular flexibility index (Phi) is 4.52. The Hall–Kier alpha value is -2.88. The summed E-state index contributed by atoms with van der Waals surface area (Å²) < 4.78 is 0. The minimum atomic E-state index is -0.0725. The Morgan fingerprint density at radius 3 is 2.65 bits per heavy atom. The third-order valence-electron chi connectivity index (χ3n) is 3.72. The first-order chi connectivity index (χ1) is 11.2. The molecule has 0 fully saturated rings. The number of allylic oxidation sites excluding steroid dienone is 6. The predicted molar refractivity (Wildman–Crippen MR) is 91.7 cm³/mol. The molecule has 2 aliphatic carbocycles. The van der Waals surface area contributed by atoms with Gasteiger partial charge < -0.3 is 10.6 Å². The summed E-state index contributed by atoms with van der Waals surface area (Å²) in [5.41, 5.74) is 2.78. The number of hydrogen-bond donors (Lipinski definition) is 2. The molecule has 116 valence electrons. The number of hydrogen-bond acceptors (Lipinski definition) is 4. The van der Waals surface area contributed by atoms with Crippen molar-refractivity contribution in [3.63, 3.8) is 0 Å². The van der Waals surface area contributed by atoms with Crippen LogP contribution in [-0.2, 0) is 4.79 Å². The van der Waals surface area contributed by atoms with Crippen LogP contribution in [0.3, 0.4) is 0 Å². The van der Waals surface area contributed by atoms with E-state index in [1.165, 1.54) is 6.07 Å². The molecule has 0 heterocycles. The van der Waals surface area contributed by atoms with Crippen LogP contribution < -0.4 is 16.1 Å². The summed E-state index contributed by atoms with van der Waals surface area (Å²) in [6, 6.07) is 8.63. The number of ketones is 1. The summed E-state index contributed by atoms with van der Waals surface area (Å²) >= 11 is 0. The van der Waals surface area contributed by atoms with E-state index in [1.54, 1.807) is 18.2 Å². The van der Waals surface area contributed by atoms with Gasteiger partial charge in [-0.1, -0.05) is 36.4 Å². The molecule has 4 nitrogen and oxygen atoms in total. The van der Waals surface area contributed by atoms with Crippen LogP contribution in [0.15, 0.2) is 82.6 Å². The molecular formula is C19H18N2O2. The minimum Gasteiger partial charge on any atom is -0.354 e. The third kappa shape index (κ3) is 3.66. The van der Waals surface area contributed by atoms with Gasteiger partial charge in [-0.25, -0.2) is 0 Å². The Balaban J connectivity index is 1.88. The molecule has 0 unspecified atom stereocenters. The van der Waals surface area contributed by atoms with Gasteiger partial charge in [0.2, 0.25) is 11.2 Å². The SMILES string of the molecule is O=C1C=CCC=C1NC1=C(Nc2cccccc2=O)C=CCC1. The van der Waals surface area contributed by atoms with E-state index in [2.05, 4.69) is 16.7 Å². The summed E-state index contributed by atoms with van der Waals surface area (Å²) in [6.07, 6.45) is 11.8. The van der Waals surface area contributed by atoms with Gasteiger partial charge in [0.1, 0.15) is 0 Å². The highest BCUT2D eigenvalue weighted by molar-refractivity contribution is 6.04. The van der Waals surface area contributed by atoms with Gasteiger partial charge in [0.25, 0.3) is 0 Å². The molecule has 2 aliphatic rings. The Labute approximate surface area is 134 Å². The molecule has 4 heteroatoms. The van der Waals surface area contributed by atoms with Crippen molar-refractivity contribution in [3.05, 3.63) is 88.0 Å². The van der Waals surface area contributed by atoms with E-state index in [9.17, 15) is 9.59 Å². The average Bonchev–Trinajstić information content (AvgIpc) is 2.76. The van der Waals surface area contributed by atoms with E-state index in [0.29, 0.717) is 11.4 Å². The smallest absolute Gasteiger partial charge is 0.201 e. The zero-order valence-electron chi connectivity index (χ0n) is 12.7. The predicted octanol–water partition coefficient (Wildman–Crippen LogP) is 3.02. The lowest BCUT2D eigenvalue weighted by molar-refractivity contribution is -0.111. The lowest BCUT2D eigenvalue weighted by atomic mass is 10.1. The number of carbonyl (C=O) groups is 1. The lowest BCUT2D eigenvalue weighted by Crippen LogP contribution is -2.24. The van der Waals surface area contributed by atoms with Gasteiger partial charge in [-0.05, 0) is 43.5 Å². The van der Waals surface area contributed by atoms with Gasteiger partial charge in [-0.15, -0.1) is 0 Å². The van der Waals surface area contributed by atoms with Crippen molar-refractivity contribution in [1.82, 2.24) is 5.32 Å². The maximum Gasteiger partial charge on any atom is 0.201 e. The van der Waals surface area contributed by atoms with Crippen molar-refractivity contribution in [1.29, 1.82) is 0 Å². The Morgan fingerprint density at radius 2 is 1.78 bits per heavy atom. The second-order valence-electron chi connectivity index (χ2n) is 5.39. The second-order valence-corrected chi connectivity index (χ2v) is 5.39. The van der Waals surface area contributed by atoms with Gasteiger partial charge in [0.15, 0.2) is 0 Å². The lowest BCUT2D eigenvalue weighted by Gasteiger charge is -2.20. The molecule has 0 saturated carbocycles. The van der Waals surface area contributed by atoms with Crippen LogP contribution in [0.2, 0.25) is 0 Å². The van der Waals surface area contributed by atoms with E-state index < -0.39 is 0 Å². The molecule has 23 heavy (non-hydrogen) atoms. The molecular weight excluding hydrogens is 288 g/mol. The largest absolute Gasteiger partial charge is 0.354 e. The normalized spacial score (nSPS) is 17.0. The highest BCUT2D eigenvalue weighted by atomic mass is 16.1. The zero-order valence-corrected chi connectivity index (χ0v) is 12.7. The van der Waals surface area contributed by atoms with Gasteiger partial charge in [-0.2, -0.15) is 0 Å². The molecule has 0 radical (unpaired) electrons. The summed E-state index contributed by atoms with van der Waals surface area (Å²) in [5.74, 6) is -0.0201. The molecule has 1 aromatic carbocycles. The van der Waals surface area contributed by atoms with Gasteiger partial charge in [0.05, 0.1) is 17.1 Å². The number of nitrogens with one attached hydrogen (secondary N) is 2. The highest BCUT2D eigenvalue weighted by Crippen LogP contribution is 2.20. The molecule has 1 aromatic rings. The van der Waals surface area contributed by atoms with Crippen LogP contribution in [-0.4, -0.2) is 5.78 Å². The summed E-state index contributed by atoms with van der Waals surface area (Å²) in [4.78, 5) is 23.9. The van der Waals surface area contributed by atoms with Crippen LogP contribution in [0.1, 0.15) is 19.3 Å².